The number of allylic oxidation sites excluding steroid dienone is 8. The molecule has 0 aliphatic heterocycles. The van der Waals surface area contributed by atoms with Crippen LogP contribution < -0.4 is 9.47 Å². The second kappa shape index (κ2) is 15.9. The fourth-order valence-electron chi connectivity index (χ4n) is 4.60. The molecule has 0 heterocycles. The van der Waals surface area contributed by atoms with Gasteiger partial charge < -0.3 is 9.47 Å². The summed E-state index contributed by atoms with van der Waals surface area (Å²) in [6, 6.07) is 7.56. The topological polar surface area (TPSA) is 52.6 Å². The van der Waals surface area contributed by atoms with Crippen LogP contribution in [0.25, 0.3) is 10.8 Å². The number of rotatable bonds is 13. The maximum atomic E-state index is 12.0. The summed E-state index contributed by atoms with van der Waals surface area (Å²) in [5.74, 6) is 0.309. The predicted molar refractivity (Wildman–Crippen MR) is 163 cm³/mol. The molecule has 0 bridgehead atoms. The lowest BCUT2D eigenvalue weighted by molar-refractivity contribution is -0.133. The molecular formula is C35H46O4. The van der Waals surface area contributed by atoms with Crippen LogP contribution in [0, 0.1) is 6.92 Å². The third-order valence-corrected chi connectivity index (χ3v) is 6.78. The second-order valence-electron chi connectivity index (χ2n) is 10.7. The summed E-state index contributed by atoms with van der Waals surface area (Å²) in [6.07, 6.45) is 16.2. The number of carbonyl (C=O) groups excluding carboxylic acids is 2. The van der Waals surface area contributed by atoms with E-state index in [1.807, 2.05) is 31.2 Å². The molecule has 2 rings (SSSR count). The van der Waals surface area contributed by atoms with Gasteiger partial charge in [0, 0.05) is 30.2 Å². The lowest BCUT2D eigenvalue weighted by atomic mass is 9.95. The van der Waals surface area contributed by atoms with Crippen LogP contribution in [0.2, 0.25) is 0 Å². The van der Waals surface area contributed by atoms with Gasteiger partial charge in [-0.2, -0.15) is 0 Å². The third kappa shape index (κ3) is 10.7. The molecule has 0 aromatic heterocycles. The molecule has 0 saturated carbocycles. The molecule has 39 heavy (non-hydrogen) atoms. The van der Waals surface area contributed by atoms with Crippen LogP contribution in [0.5, 0.6) is 11.5 Å². The molecule has 0 radical (unpaired) electrons. The molecule has 0 aliphatic rings. The predicted octanol–water partition coefficient (Wildman–Crippen LogP) is 9.69. The zero-order chi connectivity index (χ0) is 28.9. The Morgan fingerprint density at radius 2 is 1.08 bits per heavy atom. The van der Waals surface area contributed by atoms with Gasteiger partial charge in [-0.1, -0.05) is 70.9 Å². The summed E-state index contributed by atoms with van der Waals surface area (Å²) in [6.45, 7) is 15.6. The van der Waals surface area contributed by atoms with Crippen LogP contribution in [-0.2, 0) is 16.0 Å². The van der Waals surface area contributed by atoms with Crippen molar-refractivity contribution in [3.05, 3.63) is 82.0 Å². The molecule has 0 aliphatic carbocycles. The van der Waals surface area contributed by atoms with Crippen molar-refractivity contribution >= 4 is 22.7 Å². The quantitative estimate of drug-likeness (QED) is 0.147. The van der Waals surface area contributed by atoms with Crippen molar-refractivity contribution in [2.45, 2.75) is 100 Å². The van der Waals surface area contributed by atoms with Crippen molar-refractivity contribution in [3.63, 3.8) is 0 Å². The molecule has 4 heteroatoms. The first kappa shape index (κ1) is 31.8. The van der Waals surface area contributed by atoms with Crippen LogP contribution in [-0.4, -0.2) is 11.9 Å². The summed E-state index contributed by atoms with van der Waals surface area (Å²) in [5.41, 5.74) is 7.21. The molecule has 2 aromatic carbocycles. The number of esters is 2. The molecule has 0 amide bonds. The Bertz CT molecular complexity index is 1280. The molecule has 0 N–H and O–H groups in total. The van der Waals surface area contributed by atoms with Crippen molar-refractivity contribution in [2.24, 2.45) is 0 Å². The number of benzene rings is 2. The monoisotopic (exact) mass is 530 g/mol. The Morgan fingerprint density at radius 3 is 1.56 bits per heavy atom. The van der Waals surface area contributed by atoms with E-state index in [1.54, 1.807) is 0 Å². The number of hydrogen-bond acceptors (Lipinski definition) is 4. The van der Waals surface area contributed by atoms with Crippen LogP contribution in [0.4, 0.5) is 0 Å². The first-order valence-corrected chi connectivity index (χ1v) is 14.0. The van der Waals surface area contributed by atoms with Crippen molar-refractivity contribution < 1.29 is 19.1 Å². The van der Waals surface area contributed by atoms with E-state index in [2.05, 4.69) is 58.9 Å². The van der Waals surface area contributed by atoms with E-state index in [9.17, 15) is 9.59 Å². The first-order valence-electron chi connectivity index (χ1n) is 14.0. The fourth-order valence-corrected chi connectivity index (χ4v) is 4.60. The van der Waals surface area contributed by atoms with E-state index in [0.29, 0.717) is 17.9 Å². The molecule has 0 spiro atoms. The van der Waals surface area contributed by atoms with E-state index in [0.717, 1.165) is 60.4 Å². The van der Waals surface area contributed by atoms with Gasteiger partial charge >= 0.3 is 11.9 Å². The Labute approximate surface area is 235 Å². The van der Waals surface area contributed by atoms with Gasteiger partial charge in [0.2, 0.25) is 0 Å². The SMILES string of the molecule is CC(=O)Oc1c(C)c(C/C=C(\C)CC/C=C(\C)CC/C=C(\C)CCC=C(C)C)c(OC(C)=O)c2ccccc12. The minimum Gasteiger partial charge on any atom is -0.426 e. The molecule has 0 atom stereocenters. The summed E-state index contributed by atoms with van der Waals surface area (Å²) in [4.78, 5) is 23.8. The molecule has 0 unspecified atom stereocenters. The maximum absolute atomic E-state index is 12.0. The largest absolute Gasteiger partial charge is 0.426 e. The van der Waals surface area contributed by atoms with Gasteiger partial charge in [-0.3, -0.25) is 9.59 Å². The summed E-state index contributed by atoms with van der Waals surface area (Å²) in [7, 11) is 0. The van der Waals surface area contributed by atoms with E-state index in [1.165, 1.54) is 36.1 Å². The summed E-state index contributed by atoms with van der Waals surface area (Å²) in [5, 5.41) is 1.51. The first-order chi connectivity index (χ1) is 18.5. The van der Waals surface area contributed by atoms with E-state index in [4.69, 9.17) is 9.47 Å². The van der Waals surface area contributed by atoms with Gasteiger partial charge in [-0.15, -0.1) is 0 Å². The highest BCUT2D eigenvalue weighted by Crippen LogP contribution is 2.41. The Balaban J connectivity index is 2.11. The van der Waals surface area contributed by atoms with Crippen molar-refractivity contribution in [1.29, 1.82) is 0 Å². The molecule has 210 valence electrons. The standard InChI is InChI=1S/C35H46O4/c1-24(2)14-11-15-25(3)16-12-17-26(4)18-13-19-27(5)22-23-31-28(6)34(38-29(7)36)32-20-9-10-21-33(32)35(31)39-30(8)37/h9-10,14,16,18,20-22H,11-13,15,17,19,23H2,1-8H3/b25-16+,26-18+,27-22+. The number of hydrogen-bond donors (Lipinski definition) is 0. The fraction of sp³-hybridized carbons (Fsp3) is 0.429. The molecule has 4 nitrogen and oxygen atoms in total. The Kier molecular flexibility index (Phi) is 13.0. The van der Waals surface area contributed by atoms with Gasteiger partial charge in [0.25, 0.3) is 0 Å². The Morgan fingerprint density at radius 1 is 0.641 bits per heavy atom. The molecule has 0 fully saturated rings. The van der Waals surface area contributed by atoms with E-state index in [-0.39, 0.29) is 11.9 Å². The van der Waals surface area contributed by atoms with Gasteiger partial charge in [-0.05, 0) is 92.1 Å². The lowest BCUT2D eigenvalue weighted by Gasteiger charge is -2.18. The molecule has 2 aromatic rings. The minimum atomic E-state index is -0.377. The number of fused-ring (bicyclic) bond motifs is 1. The van der Waals surface area contributed by atoms with Gasteiger partial charge in [0.1, 0.15) is 11.5 Å². The lowest BCUT2D eigenvalue weighted by Crippen LogP contribution is -2.09. The maximum Gasteiger partial charge on any atom is 0.308 e. The summed E-state index contributed by atoms with van der Waals surface area (Å²) < 4.78 is 11.3. The zero-order valence-electron chi connectivity index (χ0n) is 25.2. The normalized spacial score (nSPS) is 12.5. The van der Waals surface area contributed by atoms with E-state index >= 15 is 0 Å². The number of carbonyl (C=O) groups is 2. The van der Waals surface area contributed by atoms with Crippen molar-refractivity contribution in [3.8, 4) is 11.5 Å². The van der Waals surface area contributed by atoms with Crippen LogP contribution in [0.15, 0.2) is 70.9 Å². The van der Waals surface area contributed by atoms with Crippen molar-refractivity contribution in [1.82, 2.24) is 0 Å². The minimum absolute atomic E-state index is 0.375. The van der Waals surface area contributed by atoms with Gasteiger partial charge in [0.05, 0.1) is 0 Å². The van der Waals surface area contributed by atoms with Crippen LogP contribution >= 0.6 is 0 Å². The highest BCUT2D eigenvalue weighted by atomic mass is 16.5. The third-order valence-electron chi connectivity index (χ3n) is 6.78. The van der Waals surface area contributed by atoms with Gasteiger partial charge in [-0.25, -0.2) is 0 Å². The van der Waals surface area contributed by atoms with Crippen LogP contribution in [0.1, 0.15) is 98.1 Å². The second-order valence-corrected chi connectivity index (χ2v) is 10.7. The number of ether oxygens (including phenoxy) is 2. The molecular weight excluding hydrogens is 484 g/mol. The van der Waals surface area contributed by atoms with Crippen LogP contribution in [0.3, 0.4) is 0 Å². The van der Waals surface area contributed by atoms with Gasteiger partial charge in [0.15, 0.2) is 0 Å². The average Bonchev–Trinajstić information content (AvgIpc) is 2.85. The smallest absolute Gasteiger partial charge is 0.308 e. The highest BCUT2D eigenvalue weighted by Gasteiger charge is 2.20. The molecule has 0 saturated heterocycles. The highest BCUT2D eigenvalue weighted by molar-refractivity contribution is 5.98. The average molecular weight is 531 g/mol. The van der Waals surface area contributed by atoms with E-state index < -0.39 is 0 Å². The summed E-state index contributed by atoms with van der Waals surface area (Å²) >= 11 is 0. The zero-order valence-corrected chi connectivity index (χ0v) is 25.2. The van der Waals surface area contributed by atoms with Crippen molar-refractivity contribution in [2.75, 3.05) is 0 Å². The Hall–Kier alpha value is -3.40.